The lowest BCUT2D eigenvalue weighted by Gasteiger charge is -2.41. The second-order valence-corrected chi connectivity index (χ2v) is 12.7. The maximum Gasteiger partial charge on any atom is 0.313 e. The predicted octanol–water partition coefficient (Wildman–Crippen LogP) is 7.30. The van der Waals surface area contributed by atoms with Crippen LogP contribution in [0.25, 0.3) is 0 Å². The largest absolute Gasteiger partial charge is 0.374 e. The first-order valence-corrected chi connectivity index (χ1v) is 13.8. The molecule has 1 N–H and O–H groups in total. The Labute approximate surface area is 198 Å². The van der Waals surface area contributed by atoms with Crippen molar-refractivity contribution in [1.82, 2.24) is 4.90 Å². The van der Waals surface area contributed by atoms with Crippen LogP contribution in [-0.4, -0.2) is 23.7 Å². The van der Waals surface area contributed by atoms with E-state index >= 15 is 4.57 Å². The second kappa shape index (κ2) is 8.36. The zero-order valence-electron chi connectivity index (χ0n) is 20.3. The van der Waals surface area contributed by atoms with Crippen molar-refractivity contribution in [3.05, 3.63) is 70.7 Å². The third-order valence-electron chi connectivity index (χ3n) is 7.23. The van der Waals surface area contributed by atoms with Crippen LogP contribution >= 0.6 is 7.44 Å². The number of rotatable bonds is 4. The number of benzene rings is 2. The van der Waals surface area contributed by atoms with Crippen molar-refractivity contribution < 1.29 is 4.57 Å². The van der Waals surface area contributed by atoms with Gasteiger partial charge in [0.1, 0.15) is 0 Å². The highest BCUT2D eigenvalue weighted by molar-refractivity contribution is 7.73. The first-order chi connectivity index (χ1) is 15.8. The average Bonchev–Trinajstić information content (AvgIpc) is 3.08. The molecule has 5 nitrogen and oxygen atoms in total. The summed E-state index contributed by atoms with van der Waals surface area (Å²) in [6, 6.07) is 16.2. The van der Waals surface area contributed by atoms with E-state index in [1.807, 2.05) is 42.5 Å². The Morgan fingerprint density at radius 2 is 1.67 bits per heavy atom. The number of nitrogens with zero attached hydrogens (tertiary/aromatic N) is 3. The quantitative estimate of drug-likeness (QED) is 0.484. The molecule has 0 amide bonds. The average molecular weight is 463 g/mol. The molecule has 0 unspecified atom stereocenters. The maximum atomic E-state index is 15.2. The molecule has 2 heterocycles. The summed E-state index contributed by atoms with van der Waals surface area (Å²) in [6.45, 7) is 10.9. The molecule has 0 aromatic heterocycles. The fourth-order valence-electron chi connectivity index (χ4n) is 5.35. The Morgan fingerprint density at radius 3 is 2.39 bits per heavy atom. The number of para-hydroxylation sites is 1. The van der Waals surface area contributed by atoms with Crippen molar-refractivity contribution in [3.8, 4) is 0 Å². The highest BCUT2D eigenvalue weighted by Gasteiger charge is 2.50. The predicted molar refractivity (Wildman–Crippen MR) is 139 cm³/mol. The highest BCUT2D eigenvalue weighted by Crippen LogP contribution is 2.66. The molecule has 0 spiro atoms. The van der Waals surface area contributed by atoms with Crippen molar-refractivity contribution >= 4 is 24.5 Å². The van der Waals surface area contributed by atoms with E-state index in [1.165, 1.54) is 30.5 Å². The molecule has 1 saturated heterocycles. The lowest BCUT2D eigenvalue weighted by Crippen LogP contribution is -2.36. The van der Waals surface area contributed by atoms with Gasteiger partial charge < -0.3 is 9.99 Å². The van der Waals surface area contributed by atoms with Crippen LogP contribution in [0, 0.1) is 19.3 Å². The van der Waals surface area contributed by atoms with Crippen LogP contribution in [0.15, 0.2) is 64.6 Å². The molecule has 5 rings (SSSR count). The van der Waals surface area contributed by atoms with Gasteiger partial charge in [0, 0.05) is 24.5 Å². The van der Waals surface area contributed by atoms with E-state index in [9.17, 15) is 0 Å². The number of hydrazone groups is 1. The van der Waals surface area contributed by atoms with Crippen LogP contribution in [0.4, 0.5) is 11.4 Å². The number of fused-ring (bicyclic) bond motifs is 1. The zero-order chi connectivity index (χ0) is 23.2. The number of hydrogen-bond donors (Lipinski definition) is 1. The SMILES string of the molecule is Cc1cccc(N[P@@]2(=O)C3=C(N4CCCCC4)CC(C)(C)CC3=NN2c2ccccc2)c1C. The van der Waals surface area contributed by atoms with Gasteiger partial charge in [-0.3, -0.25) is 4.57 Å². The zero-order valence-corrected chi connectivity index (χ0v) is 21.2. The Hall–Kier alpha value is -2.52. The molecule has 1 fully saturated rings. The van der Waals surface area contributed by atoms with Gasteiger partial charge in [-0.15, -0.1) is 0 Å². The molecule has 1 atom stereocenters. The number of piperidine rings is 1. The number of aryl methyl sites for hydroxylation is 1. The minimum absolute atomic E-state index is 0.0892. The summed E-state index contributed by atoms with van der Waals surface area (Å²) in [5.74, 6) is 0. The monoisotopic (exact) mass is 462 g/mol. The third kappa shape index (κ3) is 4.01. The van der Waals surface area contributed by atoms with Crippen LogP contribution in [0.5, 0.6) is 0 Å². The van der Waals surface area contributed by atoms with Crippen molar-refractivity contribution in [2.45, 2.75) is 59.8 Å². The number of nitrogens with one attached hydrogen (secondary N) is 1. The number of anilines is 2. The van der Waals surface area contributed by atoms with Crippen molar-refractivity contribution in [3.63, 3.8) is 0 Å². The van der Waals surface area contributed by atoms with Crippen LogP contribution in [0.1, 0.15) is 57.1 Å². The smallest absolute Gasteiger partial charge is 0.313 e. The molecule has 1 aliphatic carbocycles. The molecule has 0 radical (unpaired) electrons. The minimum Gasteiger partial charge on any atom is -0.374 e. The van der Waals surface area contributed by atoms with Crippen LogP contribution in [-0.2, 0) is 4.57 Å². The summed E-state index contributed by atoms with van der Waals surface area (Å²) in [7, 11) is -3.26. The Balaban J connectivity index is 1.70. The van der Waals surface area contributed by atoms with E-state index < -0.39 is 7.44 Å². The van der Waals surface area contributed by atoms with Gasteiger partial charge in [-0.25, -0.2) is 0 Å². The van der Waals surface area contributed by atoms with Crippen molar-refractivity contribution in [2.24, 2.45) is 10.5 Å². The molecule has 2 aromatic carbocycles. The van der Waals surface area contributed by atoms with E-state index in [1.54, 1.807) is 4.78 Å². The Kier molecular flexibility index (Phi) is 5.64. The number of likely N-dealkylation sites (tertiary alicyclic amines) is 1. The van der Waals surface area contributed by atoms with Gasteiger partial charge in [-0.1, -0.05) is 44.2 Å². The summed E-state index contributed by atoms with van der Waals surface area (Å²) in [4.78, 5) is 2.50. The minimum atomic E-state index is -3.26. The fraction of sp³-hybridized carbons (Fsp3) is 0.444. The number of hydrogen-bond acceptors (Lipinski definition) is 3. The molecular weight excluding hydrogens is 427 g/mol. The van der Waals surface area contributed by atoms with Gasteiger partial charge in [0.25, 0.3) is 0 Å². The van der Waals surface area contributed by atoms with E-state index in [-0.39, 0.29) is 5.41 Å². The molecule has 2 aromatic rings. The Morgan fingerprint density at radius 1 is 0.939 bits per heavy atom. The van der Waals surface area contributed by atoms with Crippen LogP contribution in [0.3, 0.4) is 0 Å². The van der Waals surface area contributed by atoms with E-state index in [4.69, 9.17) is 5.10 Å². The van der Waals surface area contributed by atoms with Crippen LogP contribution < -0.4 is 9.87 Å². The molecule has 2 aliphatic heterocycles. The molecular formula is C27H35N4OP. The summed E-state index contributed by atoms with van der Waals surface area (Å²) < 4.78 is 17.0. The molecule has 3 aliphatic rings. The van der Waals surface area contributed by atoms with Crippen molar-refractivity contribution in [1.29, 1.82) is 0 Å². The summed E-state index contributed by atoms with van der Waals surface area (Å²) in [5.41, 5.74) is 6.42. The molecule has 174 valence electrons. The fourth-order valence-corrected chi connectivity index (χ4v) is 8.05. The normalized spacial score (nSPS) is 24.5. The van der Waals surface area contributed by atoms with Gasteiger partial charge >= 0.3 is 7.44 Å². The maximum absolute atomic E-state index is 15.2. The lowest BCUT2D eigenvalue weighted by molar-refractivity contribution is 0.240. The standard InChI is InChI=1S/C27H35N4OP/c1-20-12-11-15-23(21(20)2)29-33(32)26-24(28-31(33)22-13-7-5-8-14-22)18-27(3,4)19-25(26)30-16-9-6-10-17-30/h5,7-8,11-15H,6,9-10,16-19H2,1-4H3,(H,29,32)/t33-/m0/s1. The van der Waals surface area contributed by atoms with Gasteiger partial charge in [-0.2, -0.15) is 9.88 Å². The van der Waals surface area contributed by atoms with Gasteiger partial charge in [-0.05, 0) is 80.7 Å². The molecule has 6 heteroatoms. The highest BCUT2D eigenvalue weighted by atomic mass is 31.2. The van der Waals surface area contributed by atoms with Gasteiger partial charge in [0.15, 0.2) is 0 Å². The van der Waals surface area contributed by atoms with Crippen LogP contribution in [0.2, 0.25) is 0 Å². The van der Waals surface area contributed by atoms with Crippen molar-refractivity contribution in [2.75, 3.05) is 23.0 Å². The van der Waals surface area contributed by atoms with Gasteiger partial charge in [0.05, 0.1) is 16.7 Å². The van der Waals surface area contributed by atoms with E-state index in [0.29, 0.717) is 0 Å². The van der Waals surface area contributed by atoms with E-state index in [2.05, 4.69) is 43.7 Å². The first-order valence-electron chi connectivity index (χ1n) is 12.2. The number of allylic oxidation sites excluding steroid dienone is 2. The lowest BCUT2D eigenvalue weighted by atomic mass is 9.78. The summed E-state index contributed by atoms with van der Waals surface area (Å²) in [5, 5.41) is 9.57. The first kappa shape index (κ1) is 22.3. The Bertz CT molecular complexity index is 1160. The van der Waals surface area contributed by atoms with E-state index in [0.717, 1.165) is 53.9 Å². The summed E-state index contributed by atoms with van der Waals surface area (Å²) >= 11 is 0. The summed E-state index contributed by atoms with van der Waals surface area (Å²) in [6.07, 6.45) is 5.43. The molecule has 0 bridgehead atoms. The topological polar surface area (TPSA) is 47.9 Å². The molecule has 0 saturated carbocycles. The third-order valence-corrected chi connectivity index (χ3v) is 9.75. The van der Waals surface area contributed by atoms with Gasteiger partial charge in [0.2, 0.25) is 0 Å². The second-order valence-electron chi connectivity index (χ2n) is 10.5. The molecule has 33 heavy (non-hydrogen) atoms.